The van der Waals surface area contributed by atoms with Crippen molar-refractivity contribution in [3.05, 3.63) is 59.9 Å². The zero-order valence-electron chi connectivity index (χ0n) is 12.5. The minimum absolute atomic E-state index is 0.482. The van der Waals surface area contributed by atoms with Crippen LogP contribution in [0.5, 0.6) is 0 Å². The van der Waals surface area contributed by atoms with E-state index in [1.807, 2.05) is 23.9 Å². The molecule has 3 aromatic rings. The predicted molar refractivity (Wildman–Crippen MR) is 79.6 cm³/mol. The lowest BCUT2D eigenvalue weighted by Gasteiger charge is -2.04. The van der Waals surface area contributed by atoms with Gasteiger partial charge in [0, 0.05) is 24.5 Å². The van der Waals surface area contributed by atoms with Gasteiger partial charge in [0.05, 0.1) is 24.0 Å². The van der Waals surface area contributed by atoms with Crippen LogP contribution in [0.4, 0.5) is 13.2 Å². The van der Waals surface area contributed by atoms with E-state index in [4.69, 9.17) is 0 Å². The molecule has 0 amide bonds. The molecule has 0 aliphatic rings. The van der Waals surface area contributed by atoms with Gasteiger partial charge in [0.2, 0.25) is 0 Å². The van der Waals surface area contributed by atoms with Gasteiger partial charge in [-0.3, -0.25) is 9.36 Å². The third kappa shape index (κ3) is 3.28. The normalized spacial score (nSPS) is 11.3. The Bertz CT molecular complexity index is 807. The lowest BCUT2D eigenvalue weighted by molar-refractivity contribution is 0.146. The number of alkyl halides is 2. The molecule has 7 heteroatoms. The summed E-state index contributed by atoms with van der Waals surface area (Å²) in [5.74, 6) is -0.902. The first-order valence-electron chi connectivity index (χ1n) is 7.19. The van der Waals surface area contributed by atoms with E-state index in [0.717, 1.165) is 24.4 Å². The molecule has 120 valence electrons. The fourth-order valence-electron chi connectivity index (χ4n) is 2.32. The molecule has 0 radical (unpaired) electrons. The molecule has 23 heavy (non-hydrogen) atoms. The average Bonchev–Trinajstić information content (AvgIpc) is 3.17. The number of hydrogen-bond donors (Lipinski definition) is 0. The third-order valence-corrected chi connectivity index (χ3v) is 3.54. The highest BCUT2D eigenvalue weighted by atomic mass is 19.3. The van der Waals surface area contributed by atoms with Crippen molar-refractivity contribution in [2.24, 2.45) is 0 Å². The molecule has 0 saturated heterocycles. The first-order chi connectivity index (χ1) is 11.1. The number of benzene rings is 1. The second-order valence-corrected chi connectivity index (χ2v) is 5.13. The molecular formula is C16H15F3N4. The van der Waals surface area contributed by atoms with E-state index in [1.165, 1.54) is 6.07 Å². The van der Waals surface area contributed by atoms with E-state index in [2.05, 4.69) is 10.2 Å². The van der Waals surface area contributed by atoms with Crippen LogP contribution in [0.25, 0.3) is 11.1 Å². The molecule has 4 nitrogen and oxygen atoms in total. The van der Waals surface area contributed by atoms with E-state index < -0.39 is 17.8 Å². The second-order valence-electron chi connectivity index (χ2n) is 5.13. The molecule has 0 bridgehead atoms. The van der Waals surface area contributed by atoms with Crippen LogP contribution in [-0.2, 0) is 13.1 Å². The van der Waals surface area contributed by atoms with Crippen LogP contribution in [-0.4, -0.2) is 19.6 Å². The van der Waals surface area contributed by atoms with Gasteiger partial charge in [0.25, 0.3) is 6.43 Å². The average molecular weight is 320 g/mol. The standard InChI is InChI=1S/C16H15F3N4/c1-2-22-6-5-13(21-22)10-23-9-12(8-20-23)11-3-4-15(17)14(7-11)16(18)19/h3-9,16H,2,10H2,1H3. The molecule has 0 saturated carbocycles. The molecule has 0 unspecified atom stereocenters. The fraction of sp³-hybridized carbons (Fsp3) is 0.250. The van der Waals surface area contributed by atoms with Crippen LogP contribution in [0.1, 0.15) is 24.6 Å². The Labute approximate surface area is 131 Å². The maximum absolute atomic E-state index is 13.4. The van der Waals surface area contributed by atoms with Crippen molar-refractivity contribution in [3.63, 3.8) is 0 Å². The summed E-state index contributed by atoms with van der Waals surface area (Å²) in [5.41, 5.74) is 1.42. The van der Waals surface area contributed by atoms with Gasteiger partial charge in [0.15, 0.2) is 0 Å². The number of halogens is 3. The Hall–Kier alpha value is -2.57. The molecule has 0 spiro atoms. The Morgan fingerprint density at radius 2 is 1.96 bits per heavy atom. The highest BCUT2D eigenvalue weighted by Gasteiger charge is 2.15. The lowest BCUT2D eigenvalue weighted by atomic mass is 10.1. The van der Waals surface area contributed by atoms with Gasteiger partial charge in [0.1, 0.15) is 5.82 Å². The number of rotatable bonds is 5. The quantitative estimate of drug-likeness (QED) is 0.715. The summed E-state index contributed by atoms with van der Waals surface area (Å²) < 4.78 is 42.4. The first-order valence-corrected chi connectivity index (χ1v) is 7.19. The minimum atomic E-state index is -2.84. The Balaban J connectivity index is 1.82. The maximum atomic E-state index is 13.4. The highest BCUT2D eigenvalue weighted by Crippen LogP contribution is 2.27. The van der Waals surface area contributed by atoms with Crippen LogP contribution in [0, 0.1) is 5.82 Å². The Morgan fingerprint density at radius 3 is 2.65 bits per heavy atom. The Kier molecular flexibility index (Phi) is 4.18. The number of aryl methyl sites for hydroxylation is 1. The zero-order chi connectivity index (χ0) is 16.4. The number of nitrogens with zero attached hydrogens (tertiary/aromatic N) is 4. The summed E-state index contributed by atoms with van der Waals surface area (Å²) in [7, 11) is 0. The molecule has 0 aliphatic carbocycles. The summed E-state index contributed by atoms with van der Waals surface area (Å²) in [6.45, 7) is 3.27. The van der Waals surface area contributed by atoms with Gasteiger partial charge in [-0.2, -0.15) is 10.2 Å². The van der Waals surface area contributed by atoms with E-state index in [0.29, 0.717) is 17.7 Å². The Morgan fingerprint density at radius 1 is 1.13 bits per heavy atom. The monoisotopic (exact) mass is 320 g/mol. The fourth-order valence-corrected chi connectivity index (χ4v) is 2.32. The van der Waals surface area contributed by atoms with Gasteiger partial charge in [-0.1, -0.05) is 6.07 Å². The number of hydrogen-bond acceptors (Lipinski definition) is 2. The van der Waals surface area contributed by atoms with Gasteiger partial charge in [-0.05, 0) is 30.7 Å². The predicted octanol–water partition coefficient (Wildman–Crippen LogP) is 3.89. The van der Waals surface area contributed by atoms with Crippen molar-refractivity contribution in [1.29, 1.82) is 0 Å². The summed E-state index contributed by atoms with van der Waals surface area (Å²) in [4.78, 5) is 0. The lowest BCUT2D eigenvalue weighted by Crippen LogP contribution is -2.02. The van der Waals surface area contributed by atoms with Gasteiger partial charge in [-0.25, -0.2) is 13.2 Å². The minimum Gasteiger partial charge on any atom is -0.273 e. The van der Waals surface area contributed by atoms with E-state index in [9.17, 15) is 13.2 Å². The number of aromatic nitrogens is 4. The van der Waals surface area contributed by atoms with Crippen molar-refractivity contribution in [3.8, 4) is 11.1 Å². The molecule has 0 atom stereocenters. The zero-order valence-corrected chi connectivity index (χ0v) is 12.5. The van der Waals surface area contributed by atoms with Crippen molar-refractivity contribution in [2.75, 3.05) is 0 Å². The van der Waals surface area contributed by atoms with Crippen molar-refractivity contribution in [1.82, 2.24) is 19.6 Å². The smallest absolute Gasteiger partial charge is 0.266 e. The largest absolute Gasteiger partial charge is 0.273 e. The second kappa shape index (κ2) is 6.28. The summed E-state index contributed by atoms with van der Waals surface area (Å²) >= 11 is 0. The van der Waals surface area contributed by atoms with Crippen LogP contribution in [0.3, 0.4) is 0 Å². The summed E-state index contributed by atoms with van der Waals surface area (Å²) in [6, 6.07) is 5.58. The van der Waals surface area contributed by atoms with E-state index in [-0.39, 0.29) is 0 Å². The van der Waals surface area contributed by atoms with Crippen LogP contribution < -0.4 is 0 Å². The molecule has 2 aromatic heterocycles. The first kappa shape index (κ1) is 15.3. The molecule has 0 N–H and O–H groups in total. The molecule has 3 rings (SSSR count). The molecule has 1 aromatic carbocycles. The van der Waals surface area contributed by atoms with Crippen LogP contribution >= 0.6 is 0 Å². The van der Waals surface area contributed by atoms with Gasteiger partial charge in [-0.15, -0.1) is 0 Å². The summed E-state index contributed by atoms with van der Waals surface area (Å²) in [6.07, 6.45) is 2.34. The maximum Gasteiger partial charge on any atom is 0.266 e. The molecular weight excluding hydrogens is 305 g/mol. The van der Waals surface area contributed by atoms with Crippen molar-refractivity contribution in [2.45, 2.75) is 26.4 Å². The molecule has 0 fully saturated rings. The van der Waals surface area contributed by atoms with Gasteiger partial charge < -0.3 is 0 Å². The molecule has 2 heterocycles. The SMILES string of the molecule is CCn1ccc(Cn2cc(-c3ccc(F)c(C(F)F)c3)cn2)n1. The van der Waals surface area contributed by atoms with Crippen molar-refractivity contribution >= 4 is 0 Å². The van der Waals surface area contributed by atoms with Crippen LogP contribution in [0.2, 0.25) is 0 Å². The van der Waals surface area contributed by atoms with E-state index in [1.54, 1.807) is 17.1 Å². The highest BCUT2D eigenvalue weighted by molar-refractivity contribution is 5.62. The van der Waals surface area contributed by atoms with Crippen molar-refractivity contribution < 1.29 is 13.2 Å². The van der Waals surface area contributed by atoms with Gasteiger partial charge >= 0.3 is 0 Å². The third-order valence-electron chi connectivity index (χ3n) is 3.54. The molecule has 0 aliphatic heterocycles. The van der Waals surface area contributed by atoms with E-state index >= 15 is 0 Å². The topological polar surface area (TPSA) is 35.6 Å². The summed E-state index contributed by atoms with van der Waals surface area (Å²) in [5, 5.41) is 8.57. The van der Waals surface area contributed by atoms with Crippen LogP contribution in [0.15, 0.2) is 42.9 Å².